The first-order valence-electron chi connectivity index (χ1n) is 17.0. The normalized spacial score (nSPS) is 17.7. The molecular weight excluding hydrogens is 618 g/mol. The Labute approximate surface area is 287 Å². The molecule has 4 heterocycles. The molecule has 49 heavy (non-hydrogen) atoms. The Balaban J connectivity index is 1.32. The smallest absolute Gasteiger partial charge is 0.407 e. The van der Waals surface area contributed by atoms with Gasteiger partial charge in [-0.25, -0.2) is 4.79 Å². The van der Waals surface area contributed by atoms with Gasteiger partial charge >= 0.3 is 6.09 Å². The summed E-state index contributed by atoms with van der Waals surface area (Å²) < 4.78 is 7.61. The number of rotatable bonds is 6. The first kappa shape index (κ1) is 32.6. The Hall–Kier alpha value is -4.93. The molecule has 1 N–H and O–H groups in total. The van der Waals surface area contributed by atoms with Crippen LogP contribution in [0.5, 0.6) is 0 Å². The summed E-state index contributed by atoms with van der Waals surface area (Å²) in [4.78, 5) is 48.3. The Morgan fingerprint density at radius 1 is 0.857 bits per heavy atom. The largest absolute Gasteiger partial charge is 0.465 e. The minimum absolute atomic E-state index is 0.0493. The predicted octanol–water partition coefficient (Wildman–Crippen LogP) is 5.21. The number of para-hydroxylation sites is 1. The average Bonchev–Trinajstić information content (AvgIpc) is 3.43. The van der Waals surface area contributed by atoms with E-state index in [1.165, 1.54) is 10.5 Å². The van der Waals surface area contributed by atoms with E-state index in [9.17, 15) is 14.7 Å². The molecule has 0 saturated carbocycles. The Morgan fingerprint density at radius 3 is 2.31 bits per heavy atom. The van der Waals surface area contributed by atoms with E-state index in [4.69, 9.17) is 4.74 Å². The van der Waals surface area contributed by atoms with Crippen LogP contribution in [0, 0.1) is 6.92 Å². The third-order valence-electron chi connectivity index (χ3n) is 10.5. The van der Waals surface area contributed by atoms with Gasteiger partial charge in [0.2, 0.25) is 0 Å². The number of amides is 3. The lowest BCUT2D eigenvalue weighted by Crippen LogP contribution is -2.52. The SMILES string of the molecule is Cc1c(C(=O)N(C)c2ccccc2)cc(-c2cc3c(cc2C(=O)N2Cc4ccccc4C[C@H]2CN2CCOCC2)CN(C(=O)O)CC3)n1C. The molecule has 0 spiro atoms. The summed E-state index contributed by atoms with van der Waals surface area (Å²) in [7, 11) is 3.71. The molecule has 254 valence electrons. The summed E-state index contributed by atoms with van der Waals surface area (Å²) in [5.74, 6) is -0.224. The predicted molar refractivity (Wildman–Crippen MR) is 188 cm³/mol. The number of carbonyl (C=O) groups excluding carboxylic acids is 2. The minimum Gasteiger partial charge on any atom is -0.465 e. The van der Waals surface area contributed by atoms with E-state index in [2.05, 4.69) is 29.2 Å². The molecule has 3 amide bonds. The van der Waals surface area contributed by atoms with Gasteiger partial charge in [0.1, 0.15) is 0 Å². The van der Waals surface area contributed by atoms with E-state index in [1.54, 1.807) is 11.9 Å². The number of anilines is 1. The van der Waals surface area contributed by atoms with Gasteiger partial charge in [-0.15, -0.1) is 0 Å². The number of ether oxygens (including phenoxy) is 1. The zero-order valence-electron chi connectivity index (χ0n) is 28.4. The van der Waals surface area contributed by atoms with Gasteiger partial charge in [0.05, 0.1) is 18.8 Å². The summed E-state index contributed by atoms with van der Waals surface area (Å²) in [5, 5.41) is 9.81. The Kier molecular flexibility index (Phi) is 9.00. The molecule has 0 bridgehead atoms. The van der Waals surface area contributed by atoms with Gasteiger partial charge in [0.25, 0.3) is 11.8 Å². The lowest BCUT2D eigenvalue weighted by molar-refractivity contribution is 0.0193. The fourth-order valence-corrected chi connectivity index (χ4v) is 7.51. The number of morpholine rings is 1. The van der Waals surface area contributed by atoms with Crippen molar-refractivity contribution >= 4 is 23.6 Å². The third-order valence-corrected chi connectivity index (χ3v) is 10.5. The number of nitrogens with zero attached hydrogens (tertiary/aromatic N) is 5. The summed E-state index contributed by atoms with van der Waals surface area (Å²) >= 11 is 0. The van der Waals surface area contributed by atoms with E-state index in [1.807, 2.05) is 72.0 Å². The maximum atomic E-state index is 15.1. The quantitative estimate of drug-likeness (QED) is 0.305. The van der Waals surface area contributed by atoms with Gasteiger partial charge < -0.3 is 29.1 Å². The van der Waals surface area contributed by atoms with Crippen LogP contribution in [-0.2, 0) is 37.7 Å². The molecular formula is C39H43N5O5. The molecule has 10 nitrogen and oxygen atoms in total. The molecule has 0 unspecified atom stereocenters. The second kappa shape index (κ2) is 13.5. The molecule has 1 fully saturated rings. The van der Waals surface area contributed by atoms with Crippen molar-refractivity contribution in [1.29, 1.82) is 0 Å². The van der Waals surface area contributed by atoms with Crippen LogP contribution in [0.4, 0.5) is 10.5 Å². The number of aromatic nitrogens is 1. The van der Waals surface area contributed by atoms with Crippen LogP contribution in [0.1, 0.15) is 48.7 Å². The number of hydrogen-bond acceptors (Lipinski definition) is 5. The zero-order valence-corrected chi connectivity index (χ0v) is 28.4. The van der Waals surface area contributed by atoms with Gasteiger partial charge in [0, 0.05) is 87.6 Å². The molecule has 3 aliphatic rings. The van der Waals surface area contributed by atoms with Crippen molar-refractivity contribution in [2.45, 2.75) is 38.9 Å². The van der Waals surface area contributed by atoms with Crippen molar-refractivity contribution in [3.05, 3.63) is 112 Å². The van der Waals surface area contributed by atoms with E-state index in [0.29, 0.717) is 43.9 Å². The summed E-state index contributed by atoms with van der Waals surface area (Å²) in [6.45, 7) is 6.78. The minimum atomic E-state index is -0.968. The molecule has 10 heteroatoms. The standard InChI is InChI=1S/C39H43N5O5/c1-26-33(37(45)41(3)31-11-5-4-6-12-31)22-36(40(26)2)34-20-28-13-14-43(39(47)48)23-30(28)21-35(34)38(46)44-24-29-10-8-7-9-27(29)19-32(44)25-42-15-17-49-18-16-42/h4-12,20-22,32H,13-19,23-25H2,1-3H3,(H,47,48)/t32-/m0/s1. The monoisotopic (exact) mass is 661 g/mol. The number of fused-ring (bicyclic) bond motifs is 2. The lowest BCUT2D eigenvalue weighted by atomic mass is 9.89. The van der Waals surface area contributed by atoms with Crippen LogP contribution in [0.15, 0.2) is 72.8 Å². The summed E-state index contributed by atoms with van der Waals surface area (Å²) in [6, 6.07) is 23.7. The van der Waals surface area contributed by atoms with Crippen molar-refractivity contribution < 1.29 is 24.2 Å². The first-order valence-corrected chi connectivity index (χ1v) is 17.0. The van der Waals surface area contributed by atoms with E-state index in [-0.39, 0.29) is 24.4 Å². The second-order valence-electron chi connectivity index (χ2n) is 13.4. The van der Waals surface area contributed by atoms with Gasteiger partial charge in [-0.2, -0.15) is 0 Å². The Morgan fingerprint density at radius 2 is 1.57 bits per heavy atom. The maximum absolute atomic E-state index is 15.1. The molecule has 4 aromatic rings. The van der Waals surface area contributed by atoms with Crippen LogP contribution >= 0.6 is 0 Å². The molecule has 1 atom stereocenters. The van der Waals surface area contributed by atoms with Crippen molar-refractivity contribution in [2.75, 3.05) is 51.3 Å². The number of benzene rings is 3. The highest BCUT2D eigenvalue weighted by molar-refractivity contribution is 6.08. The molecule has 0 radical (unpaired) electrons. The fraction of sp³-hybridized carbons (Fsp3) is 0.359. The van der Waals surface area contributed by atoms with Crippen LogP contribution in [-0.4, -0.2) is 94.8 Å². The van der Waals surface area contributed by atoms with Crippen molar-refractivity contribution in [2.24, 2.45) is 7.05 Å². The molecule has 3 aromatic carbocycles. The van der Waals surface area contributed by atoms with Gasteiger partial charge in [-0.05, 0) is 72.4 Å². The molecule has 7 rings (SSSR count). The van der Waals surface area contributed by atoms with Crippen molar-refractivity contribution in [3.8, 4) is 11.3 Å². The van der Waals surface area contributed by atoms with Crippen LogP contribution < -0.4 is 4.90 Å². The highest BCUT2D eigenvalue weighted by atomic mass is 16.5. The number of hydrogen-bond donors (Lipinski definition) is 1. The second-order valence-corrected chi connectivity index (χ2v) is 13.4. The molecule has 0 aliphatic carbocycles. The number of carboxylic acid groups (broad SMARTS) is 1. The average molecular weight is 662 g/mol. The van der Waals surface area contributed by atoms with E-state index >= 15 is 4.79 Å². The highest BCUT2D eigenvalue weighted by Gasteiger charge is 2.35. The third kappa shape index (κ3) is 6.34. The van der Waals surface area contributed by atoms with Gasteiger partial charge in [0.15, 0.2) is 0 Å². The van der Waals surface area contributed by atoms with Gasteiger partial charge in [-0.1, -0.05) is 42.5 Å². The first-order chi connectivity index (χ1) is 23.7. The topological polar surface area (TPSA) is 98.6 Å². The number of carbonyl (C=O) groups is 3. The molecule has 1 aromatic heterocycles. The molecule has 1 saturated heterocycles. The van der Waals surface area contributed by atoms with E-state index in [0.717, 1.165) is 65.4 Å². The summed E-state index contributed by atoms with van der Waals surface area (Å²) in [5.41, 5.74) is 8.46. The van der Waals surface area contributed by atoms with Crippen LogP contribution in [0.2, 0.25) is 0 Å². The zero-order chi connectivity index (χ0) is 34.2. The van der Waals surface area contributed by atoms with Crippen molar-refractivity contribution in [1.82, 2.24) is 19.3 Å². The fourth-order valence-electron chi connectivity index (χ4n) is 7.51. The van der Waals surface area contributed by atoms with Gasteiger partial charge in [-0.3, -0.25) is 14.5 Å². The van der Waals surface area contributed by atoms with E-state index < -0.39 is 6.09 Å². The van der Waals surface area contributed by atoms with Crippen LogP contribution in [0.3, 0.4) is 0 Å². The summed E-state index contributed by atoms with van der Waals surface area (Å²) in [6.07, 6.45) is 0.329. The highest BCUT2D eigenvalue weighted by Crippen LogP contribution is 2.36. The maximum Gasteiger partial charge on any atom is 0.407 e. The van der Waals surface area contributed by atoms with Crippen LogP contribution in [0.25, 0.3) is 11.3 Å². The lowest BCUT2D eigenvalue weighted by Gasteiger charge is -2.41. The van der Waals surface area contributed by atoms with Crippen molar-refractivity contribution in [3.63, 3.8) is 0 Å². The Bertz CT molecular complexity index is 1900. The molecule has 3 aliphatic heterocycles.